The number of amides is 1. The highest BCUT2D eigenvalue weighted by atomic mass is 16.5. The normalized spacial score (nSPS) is 12.7. The molecule has 0 aliphatic heterocycles. The van der Waals surface area contributed by atoms with Gasteiger partial charge in [-0.1, -0.05) is 250 Å². The second-order valence-electron chi connectivity index (χ2n) is 20.0. The Hall–Kier alpha value is -1.66. The number of carbonyl (C=O) groups is 2. The number of aliphatic hydroxyl groups excluding tert-OH is 2. The van der Waals surface area contributed by atoms with Gasteiger partial charge in [-0.2, -0.15) is 0 Å². The maximum atomic E-state index is 12.5. The summed E-state index contributed by atoms with van der Waals surface area (Å²) in [5.74, 6) is -0.0433. The maximum absolute atomic E-state index is 12.5. The number of unbranched alkanes of at least 4 members (excludes halogenated alkanes) is 39. The van der Waals surface area contributed by atoms with Crippen LogP contribution in [0, 0.1) is 0 Å². The Morgan fingerprint density at radius 3 is 1.12 bits per heavy atom. The molecule has 0 spiro atoms. The van der Waals surface area contributed by atoms with E-state index in [-0.39, 0.29) is 18.5 Å². The minimum atomic E-state index is -0.669. The van der Waals surface area contributed by atoms with Crippen molar-refractivity contribution in [2.45, 2.75) is 328 Å². The Morgan fingerprint density at radius 1 is 0.415 bits per heavy atom. The Morgan fingerprint density at radius 2 is 0.723 bits per heavy atom. The average molecular weight is 917 g/mol. The van der Waals surface area contributed by atoms with E-state index in [1.807, 2.05) is 0 Å². The molecule has 6 nitrogen and oxygen atoms in total. The van der Waals surface area contributed by atoms with Crippen molar-refractivity contribution in [2.24, 2.45) is 0 Å². The molecule has 0 aromatic rings. The molecule has 1 amide bonds. The van der Waals surface area contributed by atoms with E-state index in [1.165, 1.54) is 238 Å². The van der Waals surface area contributed by atoms with Crippen molar-refractivity contribution in [1.29, 1.82) is 0 Å². The lowest BCUT2D eigenvalue weighted by atomic mass is 10.0. The molecular formula is C59H113NO5. The van der Waals surface area contributed by atoms with Crippen molar-refractivity contribution in [1.82, 2.24) is 5.32 Å². The smallest absolute Gasteiger partial charge is 0.305 e. The van der Waals surface area contributed by atoms with E-state index in [4.69, 9.17) is 4.74 Å². The second-order valence-corrected chi connectivity index (χ2v) is 20.0. The predicted molar refractivity (Wildman–Crippen MR) is 283 cm³/mol. The molecule has 0 radical (unpaired) electrons. The van der Waals surface area contributed by atoms with Gasteiger partial charge in [0.15, 0.2) is 0 Å². The number of ether oxygens (including phenoxy) is 1. The lowest BCUT2D eigenvalue weighted by molar-refractivity contribution is -0.143. The first-order valence-electron chi connectivity index (χ1n) is 29.1. The fourth-order valence-corrected chi connectivity index (χ4v) is 8.98. The van der Waals surface area contributed by atoms with Crippen LogP contribution in [0.2, 0.25) is 0 Å². The molecule has 3 N–H and O–H groups in total. The molecule has 0 heterocycles. The minimum Gasteiger partial charge on any atom is -0.466 e. The molecule has 0 aromatic carbocycles. The molecule has 0 saturated heterocycles. The zero-order valence-corrected chi connectivity index (χ0v) is 43.7. The van der Waals surface area contributed by atoms with E-state index in [9.17, 15) is 19.8 Å². The standard InChI is InChI=1S/C59H113NO5/c1-3-5-7-9-11-13-15-17-25-28-31-35-39-43-47-51-57(62)56(55-61)60-58(63)52-48-44-40-36-32-29-26-23-21-19-18-20-22-24-27-30-34-38-42-46-50-54-65-59(64)53-49-45-41-37-33-16-14-12-10-8-6-4-2/h12,14,19,21,56-57,61-62H,3-11,13,15-18,20,22-55H2,1-2H3,(H,60,63)/b14-12-,21-19-. The first-order chi connectivity index (χ1) is 32.0. The molecule has 2 atom stereocenters. The summed E-state index contributed by atoms with van der Waals surface area (Å²) in [5, 5.41) is 23.3. The topological polar surface area (TPSA) is 95.9 Å². The summed E-state index contributed by atoms with van der Waals surface area (Å²) in [6, 6.07) is -0.547. The Bertz CT molecular complexity index is 1010. The van der Waals surface area contributed by atoms with Gasteiger partial charge in [-0.15, -0.1) is 0 Å². The highest BCUT2D eigenvalue weighted by Crippen LogP contribution is 2.17. The van der Waals surface area contributed by atoms with E-state index in [0.717, 1.165) is 44.9 Å². The first-order valence-corrected chi connectivity index (χ1v) is 29.1. The SMILES string of the molecule is CCCCC/C=C\CCCCCCCC(=O)OCCCCCCCCCCCC/C=C\CCCCCCCCCC(=O)NC(CO)C(O)CCCCCCCCCCCCCCCCC. The molecule has 0 rings (SSSR count). The molecule has 2 unspecified atom stereocenters. The number of allylic oxidation sites excluding steroid dienone is 4. The monoisotopic (exact) mass is 916 g/mol. The second kappa shape index (κ2) is 54.9. The molecular weight excluding hydrogens is 803 g/mol. The van der Waals surface area contributed by atoms with E-state index >= 15 is 0 Å². The Kier molecular flexibility index (Phi) is 53.5. The molecule has 384 valence electrons. The van der Waals surface area contributed by atoms with Gasteiger partial charge >= 0.3 is 5.97 Å². The third kappa shape index (κ3) is 51.6. The van der Waals surface area contributed by atoms with E-state index < -0.39 is 12.1 Å². The number of hydrogen-bond acceptors (Lipinski definition) is 5. The quantitative estimate of drug-likeness (QED) is 0.0321. The van der Waals surface area contributed by atoms with Crippen molar-refractivity contribution >= 4 is 11.9 Å². The molecule has 0 bridgehead atoms. The molecule has 0 saturated carbocycles. The summed E-state index contributed by atoms with van der Waals surface area (Å²) >= 11 is 0. The molecule has 65 heavy (non-hydrogen) atoms. The number of aliphatic hydroxyl groups is 2. The number of rotatable bonds is 54. The Balaban J connectivity index is 3.43. The maximum Gasteiger partial charge on any atom is 0.305 e. The molecule has 6 heteroatoms. The largest absolute Gasteiger partial charge is 0.466 e. The fraction of sp³-hybridized carbons (Fsp3) is 0.898. The predicted octanol–water partition coefficient (Wildman–Crippen LogP) is 17.9. The van der Waals surface area contributed by atoms with Gasteiger partial charge in [0, 0.05) is 12.8 Å². The van der Waals surface area contributed by atoms with Crippen LogP contribution in [0.4, 0.5) is 0 Å². The molecule has 0 fully saturated rings. The van der Waals surface area contributed by atoms with E-state index in [2.05, 4.69) is 43.5 Å². The summed E-state index contributed by atoms with van der Waals surface area (Å²) in [6.07, 6.45) is 66.0. The van der Waals surface area contributed by atoms with Gasteiger partial charge < -0.3 is 20.3 Å². The van der Waals surface area contributed by atoms with E-state index in [1.54, 1.807) is 0 Å². The lowest BCUT2D eigenvalue weighted by Gasteiger charge is -2.22. The Labute approximate surface area is 405 Å². The van der Waals surface area contributed by atoms with Crippen LogP contribution < -0.4 is 5.32 Å². The zero-order chi connectivity index (χ0) is 47.2. The van der Waals surface area contributed by atoms with Gasteiger partial charge in [0.25, 0.3) is 0 Å². The van der Waals surface area contributed by atoms with Crippen molar-refractivity contribution < 1.29 is 24.5 Å². The van der Waals surface area contributed by atoms with Crippen molar-refractivity contribution in [3.05, 3.63) is 24.3 Å². The lowest BCUT2D eigenvalue weighted by Crippen LogP contribution is -2.45. The number of hydrogen-bond donors (Lipinski definition) is 3. The van der Waals surface area contributed by atoms with Gasteiger partial charge in [-0.3, -0.25) is 9.59 Å². The number of carbonyl (C=O) groups excluding carboxylic acids is 2. The third-order valence-corrected chi connectivity index (χ3v) is 13.5. The molecule has 0 aliphatic carbocycles. The van der Waals surface area contributed by atoms with Gasteiger partial charge in [0.2, 0.25) is 5.91 Å². The van der Waals surface area contributed by atoms with Crippen molar-refractivity contribution in [3.8, 4) is 0 Å². The summed E-state index contributed by atoms with van der Waals surface area (Å²) in [5.41, 5.74) is 0. The highest BCUT2D eigenvalue weighted by molar-refractivity contribution is 5.76. The minimum absolute atomic E-state index is 0.00178. The van der Waals surface area contributed by atoms with Crippen LogP contribution in [0.25, 0.3) is 0 Å². The summed E-state index contributed by atoms with van der Waals surface area (Å²) in [4.78, 5) is 24.5. The molecule has 0 aromatic heterocycles. The number of nitrogens with one attached hydrogen (secondary N) is 1. The van der Waals surface area contributed by atoms with Gasteiger partial charge in [0.05, 0.1) is 25.4 Å². The van der Waals surface area contributed by atoms with E-state index in [0.29, 0.717) is 25.9 Å². The van der Waals surface area contributed by atoms with Crippen LogP contribution in [0.15, 0.2) is 24.3 Å². The van der Waals surface area contributed by atoms with Crippen LogP contribution in [-0.2, 0) is 14.3 Å². The van der Waals surface area contributed by atoms with Crippen LogP contribution in [0.1, 0.15) is 316 Å². The van der Waals surface area contributed by atoms with Crippen LogP contribution in [-0.4, -0.2) is 47.4 Å². The van der Waals surface area contributed by atoms with Crippen LogP contribution in [0.5, 0.6) is 0 Å². The van der Waals surface area contributed by atoms with Gasteiger partial charge in [-0.05, 0) is 77.0 Å². The van der Waals surface area contributed by atoms with Crippen molar-refractivity contribution in [2.75, 3.05) is 13.2 Å². The summed E-state index contributed by atoms with van der Waals surface area (Å²) < 4.78 is 5.46. The molecule has 0 aliphatic rings. The van der Waals surface area contributed by atoms with Crippen LogP contribution >= 0.6 is 0 Å². The summed E-state index contributed by atoms with van der Waals surface area (Å²) in [6.45, 7) is 4.93. The zero-order valence-electron chi connectivity index (χ0n) is 43.7. The highest BCUT2D eigenvalue weighted by Gasteiger charge is 2.20. The average Bonchev–Trinajstić information content (AvgIpc) is 3.31. The third-order valence-electron chi connectivity index (χ3n) is 13.5. The van der Waals surface area contributed by atoms with Crippen molar-refractivity contribution in [3.63, 3.8) is 0 Å². The van der Waals surface area contributed by atoms with Crippen LogP contribution in [0.3, 0.4) is 0 Å². The van der Waals surface area contributed by atoms with Gasteiger partial charge in [0.1, 0.15) is 0 Å². The summed E-state index contributed by atoms with van der Waals surface area (Å²) in [7, 11) is 0. The fourth-order valence-electron chi connectivity index (χ4n) is 8.98. The number of esters is 1. The first kappa shape index (κ1) is 63.3. The van der Waals surface area contributed by atoms with Gasteiger partial charge in [-0.25, -0.2) is 0 Å².